The van der Waals surface area contributed by atoms with Crippen molar-refractivity contribution >= 4 is 57.5 Å². The van der Waals surface area contributed by atoms with Crippen LogP contribution in [0.5, 0.6) is 0 Å². The molecule has 0 N–H and O–H groups in total. The van der Waals surface area contributed by atoms with Gasteiger partial charge >= 0.3 is 12.1 Å². The summed E-state index contributed by atoms with van der Waals surface area (Å²) in [6.07, 6.45) is -0.255. The zero-order valence-corrected chi connectivity index (χ0v) is 25.4. The number of fused-ring (bicyclic) bond motifs is 1. The van der Waals surface area contributed by atoms with Crippen molar-refractivity contribution in [2.75, 3.05) is 19.6 Å². The van der Waals surface area contributed by atoms with Crippen LogP contribution in [0.25, 0.3) is 17.0 Å². The molecule has 2 fully saturated rings. The summed E-state index contributed by atoms with van der Waals surface area (Å²) < 4.78 is 47.6. The summed E-state index contributed by atoms with van der Waals surface area (Å²) in [4.78, 5) is 41.8. The highest BCUT2D eigenvalue weighted by molar-refractivity contribution is 8.18. The molecule has 0 radical (unpaired) electrons. The maximum absolute atomic E-state index is 13.6. The van der Waals surface area contributed by atoms with Crippen molar-refractivity contribution in [2.24, 2.45) is 0 Å². The van der Waals surface area contributed by atoms with E-state index in [-0.39, 0.29) is 46.8 Å². The minimum Gasteiger partial charge on any atom is -0.459 e. The number of carbonyl (C=O) groups is 3. The fourth-order valence-corrected chi connectivity index (χ4v) is 6.34. The number of esters is 1. The number of nitrogens with zero attached hydrogens (tertiary/aromatic N) is 4. The molecule has 13 heteroatoms. The van der Waals surface area contributed by atoms with Gasteiger partial charge in [0, 0.05) is 29.5 Å². The lowest BCUT2D eigenvalue weighted by Gasteiger charge is -2.35. The minimum atomic E-state index is -4.56. The van der Waals surface area contributed by atoms with Crippen LogP contribution in [-0.4, -0.2) is 68.0 Å². The second-order valence-electron chi connectivity index (χ2n) is 11.6. The molecular formula is C30H30ClF3N4O4S. The first-order valence-electron chi connectivity index (χ1n) is 13.7. The Labute approximate surface area is 255 Å². The summed E-state index contributed by atoms with van der Waals surface area (Å²) in [5.74, 6) is -0.669. The van der Waals surface area contributed by atoms with Crippen LogP contribution < -0.4 is 0 Å². The molecule has 228 valence electrons. The highest BCUT2D eigenvalue weighted by Crippen LogP contribution is 2.37. The highest BCUT2D eigenvalue weighted by Gasteiger charge is 2.41. The molecule has 3 aromatic rings. The smallest absolute Gasteiger partial charge is 0.416 e. The SMILES string of the molecule is CC(C)(C)OC(=O)CN1CCC(N2C(=O)S/C(=C\c3ccc4c(cnn4Cc4ccc(Cl)cc4C(F)(F)F)c3)C2=O)CC1. The van der Waals surface area contributed by atoms with Crippen LogP contribution >= 0.6 is 23.4 Å². The second kappa shape index (κ2) is 12.0. The molecule has 1 aromatic heterocycles. The molecule has 2 amide bonds. The Morgan fingerprint density at radius 1 is 1.12 bits per heavy atom. The van der Waals surface area contributed by atoms with Crippen LogP contribution in [0.1, 0.15) is 50.3 Å². The van der Waals surface area contributed by atoms with Crippen molar-refractivity contribution in [1.82, 2.24) is 19.6 Å². The number of thioether (sulfide) groups is 1. The molecule has 5 rings (SSSR count). The molecule has 8 nitrogen and oxygen atoms in total. The van der Waals surface area contributed by atoms with Crippen LogP contribution in [0.3, 0.4) is 0 Å². The number of carbonyl (C=O) groups excluding carboxylic acids is 3. The maximum Gasteiger partial charge on any atom is 0.416 e. The monoisotopic (exact) mass is 634 g/mol. The predicted octanol–water partition coefficient (Wildman–Crippen LogP) is 6.60. The first-order valence-corrected chi connectivity index (χ1v) is 14.9. The topological polar surface area (TPSA) is 84.7 Å². The summed E-state index contributed by atoms with van der Waals surface area (Å²) >= 11 is 6.68. The van der Waals surface area contributed by atoms with Crippen molar-refractivity contribution in [1.29, 1.82) is 0 Å². The lowest BCUT2D eigenvalue weighted by atomic mass is 10.0. The normalized spacial score (nSPS) is 18.3. The van der Waals surface area contributed by atoms with Gasteiger partial charge in [0.2, 0.25) is 0 Å². The standard InChI is InChI=1S/C30H30ClF3N4O4S/c1-29(2,3)42-26(39)17-36-10-8-22(9-11-36)38-27(40)25(43-28(38)41)13-18-4-7-24-20(12-18)15-35-37(24)16-19-5-6-21(31)14-23(19)30(32,33)34/h4-7,12-15,22H,8-11,16-17H2,1-3H3/b25-13-. The van der Waals surface area contributed by atoms with Gasteiger partial charge in [0.1, 0.15) is 5.60 Å². The summed E-state index contributed by atoms with van der Waals surface area (Å²) in [6, 6.07) is 8.63. The van der Waals surface area contributed by atoms with Gasteiger partial charge in [-0.2, -0.15) is 18.3 Å². The van der Waals surface area contributed by atoms with Crippen LogP contribution in [0.2, 0.25) is 5.02 Å². The van der Waals surface area contributed by atoms with Gasteiger partial charge in [-0.3, -0.25) is 28.9 Å². The second-order valence-corrected chi connectivity index (χ2v) is 13.0. The molecular weight excluding hydrogens is 605 g/mol. The summed E-state index contributed by atoms with van der Waals surface area (Å²) in [7, 11) is 0. The number of imide groups is 1. The van der Waals surface area contributed by atoms with E-state index in [0.29, 0.717) is 47.3 Å². The average Bonchev–Trinajstić information content (AvgIpc) is 3.42. The lowest BCUT2D eigenvalue weighted by Crippen LogP contribution is -2.48. The van der Waals surface area contributed by atoms with Crippen LogP contribution in [-0.2, 0) is 27.0 Å². The number of benzene rings is 2. The van der Waals surface area contributed by atoms with Crippen molar-refractivity contribution in [2.45, 2.75) is 58.0 Å². The molecule has 0 unspecified atom stereocenters. The maximum atomic E-state index is 13.6. The number of ether oxygens (including phenoxy) is 1. The quantitative estimate of drug-likeness (QED) is 0.223. The molecule has 2 saturated heterocycles. The predicted molar refractivity (Wildman–Crippen MR) is 158 cm³/mol. The molecule has 0 bridgehead atoms. The molecule has 0 spiro atoms. The van der Waals surface area contributed by atoms with E-state index in [1.54, 1.807) is 30.5 Å². The average molecular weight is 635 g/mol. The molecule has 2 aromatic carbocycles. The number of rotatable bonds is 6. The number of hydrogen-bond acceptors (Lipinski definition) is 7. The summed E-state index contributed by atoms with van der Waals surface area (Å²) in [5, 5.41) is 4.62. The van der Waals surface area contributed by atoms with E-state index in [0.717, 1.165) is 17.8 Å². The van der Waals surface area contributed by atoms with Crippen molar-refractivity contribution < 1.29 is 32.3 Å². The first kappa shape index (κ1) is 31.1. The van der Waals surface area contributed by atoms with E-state index < -0.39 is 17.3 Å². The molecule has 0 saturated carbocycles. The van der Waals surface area contributed by atoms with Gasteiger partial charge in [0.25, 0.3) is 11.1 Å². The number of hydrogen-bond donors (Lipinski definition) is 0. The van der Waals surface area contributed by atoms with Gasteiger partial charge in [-0.15, -0.1) is 0 Å². The largest absolute Gasteiger partial charge is 0.459 e. The zero-order valence-electron chi connectivity index (χ0n) is 23.8. The van der Waals surface area contributed by atoms with Gasteiger partial charge in [-0.05, 0) is 86.8 Å². The Balaban J connectivity index is 1.26. The number of amides is 2. The number of likely N-dealkylation sites (tertiary alicyclic amines) is 1. The number of aromatic nitrogens is 2. The fourth-order valence-electron chi connectivity index (χ4n) is 5.27. The molecule has 0 aliphatic carbocycles. The van der Waals surface area contributed by atoms with Gasteiger partial charge in [0.05, 0.1) is 35.3 Å². The molecule has 0 atom stereocenters. The number of piperidine rings is 1. The third-order valence-electron chi connectivity index (χ3n) is 7.18. The minimum absolute atomic E-state index is 0.000824. The fraction of sp³-hybridized carbons (Fsp3) is 0.400. The molecule has 2 aliphatic rings. The molecule has 3 heterocycles. The van der Waals surface area contributed by atoms with E-state index in [2.05, 4.69) is 5.10 Å². The van der Waals surface area contributed by atoms with E-state index in [1.807, 2.05) is 25.7 Å². The van der Waals surface area contributed by atoms with Crippen LogP contribution in [0.15, 0.2) is 47.5 Å². The lowest BCUT2D eigenvalue weighted by molar-refractivity contribution is -0.156. The van der Waals surface area contributed by atoms with Gasteiger partial charge in [-0.1, -0.05) is 23.7 Å². The number of halogens is 4. The highest BCUT2D eigenvalue weighted by atomic mass is 35.5. The summed E-state index contributed by atoms with van der Waals surface area (Å²) in [5.41, 5.74) is -0.0639. The Kier molecular flexibility index (Phi) is 8.65. The van der Waals surface area contributed by atoms with Gasteiger partial charge in [-0.25, -0.2) is 0 Å². The van der Waals surface area contributed by atoms with Crippen molar-refractivity contribution in [3.8, 4) is 0 Å². The Morgan fingerprint density at radius 3 is 2.51 bits per heavy atom. The first-order chi connectivity index (χ1) is 20.2. The summed E-state index contributed by atoms with van der Waals surface area (Å²) in [6.45, 7) is 6.62. The van der Waals surface area contributed by atoms with E-state index in [9.17, 15) is 27.6 Å². The van der Waals surface area contributed by atoms with Crippen LogP contribution in [0.4, 0.5) is 18.0 Å². The van der Waals surface area contributed by atoms with Crippen LogP contribution in [0, 0.1) is 0 Å². The third kappa shape index (κ3) is 7.25. The van der Waals surface area contributed by atoms with E-state index in [4.69, 9.17) is 16.3 Å². The van der Waals surface area contributed by atoms with E-state index in [1.165, 1.54) is 21.7 Å². The molecule has 43 heavy (non-hydrogen) atoms. The Morgan fingerprint density at radius 2 is 1.84 bits per heavy atom. The third-order valence-corrected chi connectivity index (χ3v) is 8.30. The molecule has 2 aliphatic heterocycles. The van der Waals surface area contributed by atoms with Gasteiger partial charge < -0.3 is 4.74 Å². The zero-order chi connectivity index (χ0) is 31.1. The Bertz CT molecular complexity index is 1610. The Hall–Kier alpha value is -3.35. The number of alkyl halides is 3. The van der Waals surface area contributed by atoms with Crippen molar-refractivity contribution in [3.05, 3.63) is 69.2 Å². The van der Waals surface area contributed by atoms with Gasteiger partial charge in [0.15, 0.2) is 0 Å². The van der Waals surface area contributed by atoms with E-state index >= 15 is 0 Å². The van der Waals surface area contributed by atoms with Crippen molar-refractivity contribution in [3.63, 3.8) is 0 Å².